The van der Waals surface area contributed by atoms with Gasteiger partial charge in [-0.05, 0) is 36.8 Å². The van der Waals surface area contributed by atoms with Gasteiger partial charge in [0.05, 0.1) is 0 Å². The fourth-order valence-corrected chi connectivity index (χ4v) is 2.05. The first-order valence-electron chi connectivity index (χ1n) is 7.07. The lowest BCUT2D eigenvalue weighted by atomic mass is 9.97. The fraction of sp³-hybridized carbons (Fsp3) is 0.278. The average Bonchev–Trinajstić information content (AvgIpc) is 2.53. The van der Waals surface area contributed by atoms with E-state index < -0.39 is 5.60 Å². The Balaban J connectivity index is 2.01. The molecule has 0 aliphatic carbocycles. The quantitative estimate of drug-likeness (QED) is 0.825. The van der Waals surface area contributed by atoms with Crippen LogP contribution in [-0.2, 0) is 5.60 Å². The molecule has 110 valence electrons. The second kappa shape index (κ2) is 6.55. The van der Waals surface area contributed by atoms with E-state index in [9.17, 15) is 9.90 Å². The van der Waals surface area contributed by atoms with E-state index in [0.29, 0.717) is 17.7 Å². The molecule has 2 aromatic carbocycles. The van der Waals surface area contributed by atoms with E-state index in [1.165, 1.54) is 0 Å². The second-order valence-electron chi connectivity index (χ2n) is 5.23. The standard InChI is InChI=1S/C18H20O3/c1-3-17(19)14-9-11-16(12-10-14)21-13-18(2,20)15-7-5-4-6-8-15/h4-12,20H,3,13H2,1-2H3. The van der Waals surface area contributed by atoms with Gasteiger partial charge in [-0.3, -0.25) is 4.79 Å². The number of carbonyl (C=O) groups is 1. The van der Waals surface area contributed by atoms with Crippen molar-refractivity contribution in [1.29, 1.82) is 0 Å². The molecule has 0 amide bonds. The lowest BCUT2D eigenvalue weighted by Gasteiger charge is -2.24. The van der Waals surface area contributed by atoms with Crippen LogP contribution in [0.5, 0.6) is 5.75 Å². The zero-order valence-corrected chi connectivity index (χ0v) is 12.4. The minimum atomic E-state index is -1.06. The van der Waals surface area contributed by atoms with Gasteiger partial charge in [0.2, 0.25) is 0 Å². The van der Waals surface area contributed by atoms with Crippen LogP contribution in [0.2, 0.25) is 0 Å². The zero-order chi connectivity index (χ0) is 15.3. The van der Waals surface area contributed by atoms with Crippen molar-refractivity contribution in [3.05, 3.63) is 65.7 Å². The molecular formula is C18H20O3. The first-order chi connectivity index (χ1) is 10.0. The molecule has 0 aliphatic rings. The Morgan fingerprint density at radius 3 is 2.29 bits per heavy atom. The van der Waals surface area contributed by atoms with Crippen molar-refractivity contribution >= 4 is 5.78 Å². The molecule has 1 atom stereocenters. The molecule has 0 radical (unpaired) electrons. The van der Waals surface area contributed by atoms with Gasteiger partial charge in [-0.25, -0.2) is 0 Å². The maximum atomic E-state index is 11.5. The van der Waals surface area contributed by atoms with E-state index in [4.69, 9.17) is 4.74 Å². The van der Waals surface area contributed by atoms with E-state index >= 15 is 0 Å². The Kier molecular flexibility index (Phi) is 4.76. The molecule has 0 aromatic heterocycles. The van der Waals surface area contributed by atoms with Crippen LogP contribution in [0.4, 0.5) is 0 Å². The third kappa shape index (κ3) is 3.92. The summed E-state index contributed by atoms with van der Waals surface area (Å²) in [4.78, 5) is 11.5. The molecule has 0 bridgehead atoms. The molecule has 0 spiro atoms. The number of aliphatic hydroxyl groups is 1. The molecule has 2 aromatic rings. The summed E-state index contributed by atoms with van der Waals surface area (Å²) in [6.07, 6.45) is 0.489. The van der Waals surface area contributed by atoms with Gasteiger partial charge in [0.1, 0.15) is 18.0 Å². The summed E-state index contributed by atoms with van der Waals surface area (Å²) in [7, 11) is 0. The van der Waals surface area contributed by atoms with Gasteiger partial charge in [0.25, 0.3) is 0 Å². The molecule has 0 saturated heterocycles. The number of ether oxygens (including phenoxy) is 1. The summed E-state index contributed by atoms with van der Waals surface area (Å²) in [6, 6.07) is 16.4. The Morgan fingerprint density at radius 1 is 1.10 bits per heavy atom. The number of Topliss-reactive ketones (excluding diaryl/α,β-unsaturated/α-hetero) is 1. The first kappa shape index (κ1) is 15.3. The van der Waals surface area contributed by atoms with Gasteiger partial charge in [-0.2, -0.15) is 0 Å². The molecular weight excluding hydrogens is 264 g/mol. The number of hydrogen-bond acceptors (Lipinski definition) is 3. The minimum absolute atomic E-state index is 0.109. The first-order valence-corrected chi connectivity index (χ1v) is 7.07. The lowest BCUT2D eigenvalue weighted by Crippen LogP contribution is -2.29. The highest BCUT2D eigenvalue weighted by Gasteiger charge is 2.23. The molecule has 3 heteroatoms. The van der Waals surface area contributed by atoms with Crippen molar-refractivity contribution in [2.75, 3.05) is 6.61 Å². The van der Waals surface area contributed by atoms with Crippen LogP contribution in [0.1, 0.15) is 36.2 Å². The molecule has 0 saturated carbocycles. The largest absolute Gasteiger partial charge is 0.490 e. The van der Waals surface area contributed by atoms with E-state index in [2.05, 4.69) is 0 Å². The van der Waals surface area contributed by atoms with Gasteiger partial charge in [-0.15, -0.1) is 0 Å². The molecule has 21 heavy (non-hydrogen) atoms. The molecule has 0 fully saturated rings. The van der Waals surface area contributed by atoms with Crippen molar-refractivity contribution in [1.82, 2.24) is 0 Å². The van der Waals surface area contributed by atoms with Gasteiger partial charge in [-0.1, -0.05) is 37.3 Å². The summed E-state index contributed by atoms with van der Waals surface area (Å²) in [5, 5.41) is 10.4. The summed E-state index contributed by atoms with van der Waals surface area (Å²) in [6.45, 7) is 3.71. The molecule has 1 N–H and O–H groups in total. The predicted octanol–water partition coefficient (Wildman–Crippen LogP) is 3.57. The smallest absolute Gasteiger partial charge is 0.162 e. The predicted molar refractivity (Wildman–Crippen MR) is 82.6 cm³/mol. The highest BCUT2D eigenvalue weighted by atomic mass is 16.5. The maximum Gasteiger partial charge on any atom is 0.162 e. The van der Waals surface area contributed by atoms with Crippen LogP contribution in [0.25, 0.3) is 0 Å². The minimum Gasteiger partial charge on any atom is -0.490 e. The maximum absolute atomic E-state index is 11.5. The van der Waals surface area contributed by atoms with E-state index in [1.54, 1.807) is 31.2 Å². The van der Waals surface area contributed by atoms with Crippen LogP contribution in [0.3, 0.4) is 0 Å². The van der Waals surface area contributed by atoms with Crippen molar-refractivity contribution in [2.45, 2.75) is 25.9 Å². The summed E-state index contributed by atoms with van der Waals surface area (Å²) < 4.78 is 5.63. The topological polar surface area (TPSA) is 46.5 Å². The summed E-state index contributed by atoms with van der Waals surface area (Å²) in [5.74, 6) is 0.747. The van der Waals surface area contributed by atoms with Crippen molar-refractivity contribution in [3.63, 3.8) is 0 Å². The Hall–Kier alpha value is -2.13. The van der Waals surface area contributed by atoms with E-state index in [1.807, 2.05) is 37.3 Å². The van der Waals surface area contributed by atoms with Gasteiger partial charge >= 0.3 is 0 Å². The summed E-state index contributed by atoms with van der Waals surface area (Å²) >= 11 is 0. The second-order valence-corrected chi connectivity index (χ2v) is 5.23. The lowest BCUT2D eigenvalue weighted by molar-refractivity contribution is 0.00759. The highest BCUT2D eigenvalue weighted by Crippen LogP contribution is 2.22. The Morgan fingerprint density at radius 2 is 1.71 bits per heavy atom. The summed E-state index contributed by atoms with van der Waals surface area (Å²) in [5.41, 5.74) is 0.432. The molecule has 0 heterocycles. The van der Waals surface area contributed by atoms with E-state index in [-0.39, 0.29) is 12.4 Å². The van der Waals surface area contributed by atoms with Crippen molar-refractivity contribution in [3.8, 4) is 5.75 Å². The molecule has 1 unspecified atom stereocenters. The molecule has 2 rings (SSSR count). The van der Waals surface area contributed by atoms with Gasteiger partial charge in [0, 0.05) is 12.0 Å². The van der Waals surface area contributed by atoms with Crippen LogP contribution >= 0.6 is 0 Å². The Labute approximate surface area is 125 Å². The normalized spacial score (nSPS) is 13.5. The SMILES string of the molecule is CCC(=O)c1ccc(OCC(C)(O)c2ccccc2)cc1. The van der Waals surface area contributed by atoms with Gasteiger partial charge in [0.15, 0.2) is 5.78 Å². The van der Waals surface area contributed by atoms with Crippen molar-refractivity contribution < 1.29 is 14.6 Å². The fourth-order valence-electron chi connectivity index (χ4n) is 2.05. The molecule has 0 aliphatic heterocycles. The van der Waals surface area contributed by atoms with Crippen LogP contribution < -0.4 is 4.74 Å². The highest BCUT2D eigenvalue weighted by molar-refractivity contribution is 5.95. The number of benzene rings is 2. The Bertz CT molecular complexity index is 586. The van der Waals surface area contributed by atoms with Crippen LogP contribution in [-0.4, -0.2) is 17.5 Å². The van der Waals surface area contributed by atoms with Crippen LogP contribution in [0.15, 0.2) is 54.6 Å². The number of rotatable bonds is 6. The van der Waals surface area contributed by atoms with Crippen LogP contribution in [0, 0.1) is 0 Å². The third-order valence-corrected chi connectivity index (χ3v) is 3.41. The van der Waals surface area contributed by atoms with Crippen molar-refractivity contribution in [2.24, 2.45) is 0 Å². The van der Waals surface area contributed by atoms with E-state index in [0.717, 1.165) is 5.56 Å². The number of carbonyl (C=O) groups excluding carboxylic acids is 1. The third-order valence-electron chi connectivity index (χ3n) is 3.41. The molecule has 3 nitrogen and oxygen atoms in total. The number of hydrogen-bond donors (Lipinski definition) is 1. The zero-order valence-electron chi connectivity index (χ0n) is 12.4. The van der Waals surface area contributed by atoms with Gasteiger partial charge < -0.3 is 9.84 Å². The average molecular weight is 284 g/mol. The number of ketones is 1. The monoisotopic (exact) mass is 284 g/mol.